The molecule has 27 heavy (non-hydrogen) atoms. The van der Waals surface area contributed by atoms with Gasteiger partial charge in [-0.3, -0.25) is 19.0 Å². The fraction of sp³-hybridized carbons (Fsp3) is 0.300. The first-order valence-corrected chi connectivity index (χ1v) is 9.87. The summed E-state index contributed by atoms with van der Waals surface area (Å²) in [5.74, 6) is -0.229. The highest BCUT2D eigenvalue weighted by Crippen LogP contribution is 2.33. The first-order valence-electron chi connectivity index (χ1n) is 9.06. The van der Waals surface area contributed by atoms with E-state index in [1.807, 2.05) is 0 Å². The van der Waals surface area contributed by atoms with Crippen molar-refractivity contribution in [1.29, 1.82) is 0 Å². The lowest BCUT2D eigenvalue weighted by Gasteiger charge is -2.10. The molecule has 2 aromatic heterocycles. The molecule has 0 saturated carbocycles. The number of hydrogen-bond donors (Lipinski definition) is 1. The van der Waals surface area contributed by atoms with Crippen molar-refractivity contribution in [3.8, 4) is 0 Å². The molecule has 1 aliphatic heterocycles. The molecule has 0 radical (unpaired) electrons. The molecular formula is C20H17N3O3S. The predicted octanol–water partition coefficient (Wildman–Crippen LogP) is 2.71. The number of rotatable bonds is 3. The SMILES string of the molecule is O=C1Cc2cc(C(=O)Cn3cnc4sc5c(c4c3=O)CCCC5)ccc2N1. The molecule has 3 aromatic rings. The van der Waals surface area contributed by atoms with Crippen LogP contribution in [0, 0.1) is 0 Å². The number of carbonyl (C=O) groups excluding carboxylic acids is 2. The van der Waals surface area contributed by atoms with Gasteiger partial charge in [-0.1, -0.05) is 0 Å². The zero-order valence-corrected chi connectivity index (χ0v) is 15.4. The Bertz CT molecular complexity index is 1180. The summed E-state index contributed by atoms with van der Waals surface area (Å²) in [7, 11) is 0. The van der Waals surface area contributed by atoms with Crippen LogP contribution in [-0.4, -0.2) is 21.2 Å². The third-order valence-corrected chi connectivity index (χ3v) is 6.51. The van der Waals surface area contributed by atoms with Gasteiger partial charge in [0.2, 0.25) is 5.91 Å². The number of hydrogen-bond acceptors (Lipinski definition) is 5. The average Bonchev–Trinajstić information content (AvgIpc) is 3.22. The number of nitrogens with one attached hydrogen (secondary N) is 1. The van der Waals surface area contributed by atoms with Crippen LogP contribution in [0.3, 0.4) is 0 Å². The fourth-order valence-corrected chi connectivity index (χ4v) is 5.16. The topological polar surface area (TPSA) is 81.1 Å². The number of nitrogens with zero attached hydrogens (tertiary/aromatic N) is 2. The van der Waals surface area contributed by atoms with Crippen LogP contribution in [0.5, 0.6) is 0 Å². The van der Waals surface area contributed by atoms with Gasteiger partial charge in [0.1, 0.15) is 4.83 Å². The summed E-state index contributed by atoms with van der Waals surface area (Å²) >= 11 is 1.60. The second kappa shape index (κ2) is 6.13. The van der Waals surface area contributed by atoms with E-state index in [-0.39, 0.29) is 30.2 Å². The summed E-state index contributed by atoms with van der Waals surface area (Å²) in [6.45, 7) is -0.0491. The van der Waals surface area contributed by atoms with Crippen LogP contribution in [0.2, 0.25) is 0 Å². The van der Waals surface area contributed by atoms with Crippen LogP contribution in [0.25, 0.3) is 10.2 Å². The minimum atomic E-state index is -0.163. The second-order valence-electron chi connectivity index (χ2n) is 7.09. The van der Waals surface area contributed by atoms with E-state index in [1.165, 1.54) is 15.8 Å². The number of carbonyl (C=O) groups is 2. The van der Waals surface area contributed by atoms with Gasteiger partial charge in [0.05, 0.1) is 24.7 Å². The maximum Gasteiger partial charge on any atom is 0.262 e. The smallest absolute Gasteiger partial charge is 0.262 e. The van der Waals surface area contributed by atoms with Gasteiger partial charge in [0.25, 0.3) is 5.56 Å². The molecule has 1 aliphatic carbocycles. The Morgan fingerprint density at radius 1 is 1.22 bits per heavy atom. The zero-order valence-electron chi connectivity index (χ0n) is 14.6. The number of anilines is 1. The summed E-state index contributed by atoms with van der Waals surface area (Å²) in [5, 5.41) is 3.44. The quantitative estimate of drug-likeness (QED) is 0.710. The van der Waals surface area contributed by atoms with E-state index >= 15 is 0 Å². The lowest BCUT2D eigenvalue weighted by Crippen LogP contribution is -2.25. The Hall–Kier alpha value is -2.80. The van der Waals surface area contributed by atoms with Crippen LogP contribution >= 0.6 is 11.3 Å². The van der Waals surface area contributed by atoms with E-state index in [4.69, 9.17) is 0 Å². The third kappa shape index (κ3) is 2.70. The van der Waals surface area contributed by atoms with Crippen LogP contribution in [0.4, 0.5) is 5.69 Å². The number of ketones is 1. The summed E-state index contributed by atoms with van der Waals surface area (Å²) < 4.78 is 1.41. The number of fused-ring (bicyclic) bond motifs is 4. The minimum Gasteiger partial charge on any atom is -0.326 e. The van der Waals surface area contributed by atoms with E-state index in [9.17, 15) is 14.4 Å². The molecule has 1 amide bonds. The molecule has 1 N–H and O–H groups in total. The number of aromatic nitrogens is 2. The monoisotopic (exact) mass is 379 g/mol. The molecule has 7 heteroatoms. The number of benzene rings is 1. The molecule has 0 atom stereocenters. The normalized spacial score (nSPS) is 15.5. The van der Waals surface area contributed by atoms with Gasteiger partial charge in [-0.25, -0.2) is 4.98 Å². The van der Waals surface area contributed by atoms with Crippen LogP contribution in [0.15, 0.2) is 29.3 Å². The number of amides is 1. The fourth-order valence-electron chi connectivity index (χ4n) is 3.94. The molecule has 0 spiro atoms. The molecule has 0 fully saturated rings. The second-order valence-corrected chi connectivity index (χ2v) is 8.17. The molecule has 6 nitrogen and oxygen atoms in total. The van der Waals surface area contributed by atoms with E-state index in [1.54, 1.807) is 29.5 Å². The molecular weight excluding hydrogens is 362 g/mol. The first-order chi connectivity index (χ1) is 13.1. The molecule has 1 aromatic carbocycles. The largest absolute Gasteiger partial charge is 0.326 e. The third-order valence-electron chi connectivity index (χ3n) is 5.31. The van der Waals surface area contributed by atoms with Gasteiger partial charge >= 0.3 is 0 Å². The molecule has 5 rings (SSSR count). The summed E-state index contributed by atoms with van der Waals surface area (Å²) in [4.78, 5) is 43.7. The van der Waals surface area contributed by atoms with Gasteiger partial charge in [-0.05, 0) is 55.0 Å². The summed E-state index contributed by atoms with van der Waals surface area (Å²) in [6.07, 6.45) is 5.93. The van der Waals surface area contributed by atoms with Crippen LogP contribution in [0.1, 0.15) is 39.2 Å². The Kier molecular flexibility index (Phi) is 3.72. The Labute approximate surface area is 158 Å². The lowest BCUT2D eigenvalue weighted by molar-refractivity contribution is -0.115. The highest BCUT2D eigenvalue weighted by Gasteiger charge is 2.22. The molecule has 136 valence electrons. The maximum atomic E-state index is 13.0. The van der Waals surface area contributed by atoms with Gasteiger partial charge in [0, 0.05) is 16.1 Å². The van der Waals surface area contributed by atoms with Crippen molar-refractivity contribution in [2.45, 2.75) is 38.6 Å². The highest BCUT2D eigenvalue weighted by molar-refractivity contribution is 7.18. The van der Waals surface area contributed by atoms with Crippen LogP contribution in [-0.2, 0) is 30.6 Å². The van der Waals surface area contributed by atoms with E-state index < -0.39 is 0 Å². The van der Waals surface area contributed by atoms with E-state index in [2.05, 4.69) is 10.3 Å². The minimum absolute atomic E-state index is 0.0491. The van der Waals surface area contributed by atoms with Crippen molar-refractivity contribution in [3.63, 3.8) is 0 Å². The predicted molar refractivity (Wildman–Crippen MR) is 104 cm³/mol. The van der Waals surface area contributed by atoms with Crippen molar-refractivity contribution in [1.82, 2.24) is 9.55 Å². The molecule has 0 bridgehead atoms. The van der Waals surface area contributed by atoms with Gasteiger partial charge in [-0.15, -0.1) is 11.3 Å². The Morgan fingerprint density at radius 2 is 2.07 bits per heavy atom. The first kappa shape index (κ1) is 16.4. The Balaban J connectivity index is 1.49. The zero-order chi connectivity index (χ0) is 18.5. The van der Waals surface area contributed by atoms with Gasteiger partial charge in [-0.2, -0.15) is 0 Å². The average molecular weight is 379 g/mol. The summed E-state index contributed by atoms with van der Waals surface area (Å²) in [6, 6.07) is 5.17. The maximum absolute atomic E-state index is 13.0. The van der Waals surface area contributed by atoms with Crippen molar-refractivity contribution in [3.05, 3.63) is 56.4 Å². The van der Waals surface area contributed by atoms with Crippen molar-refractivity contribution >= 4 is 38.9 Å². The van der Waals surface area contributed by atoms with Crippen molar-refractivity contribution < 1.29 is 9.59 Å². The highest BCUT2D eigenvalue weighted by atomic mass is 32.1. The number of aryl methyl sites for hydroxylation is 2. The van der Waals surface area contributed by atoms with E-state index in [0.717, 1.165) is 47.3 Å². The standard InChI is InChI=1S/C20H17N3O3S/c24-15(11-5-6-14-12(7-11)8-17(25)22-14)9-23-10-21-19-18(20(23)26)13-3-1-2-4-16(13)27-19/h5-7,10H,1-4,8-9H2,(H,22,25). The number of thiophene rings is 1. The van der Waals surface area contributed by atoms with Crippen LogP contribution < -0.4 is 10.9 Å². The van der Waals surface area contributed by atoms with E-state index in [0.29, 0.717) is 10.9 Å². The summed E-state index contributed by atoms with van der Waals surface area (Å²) in [5.41, 5.74) is 3.07. The Morgan fingerprint density at radius 3 is 2.96 bits per heavy atom. The lowest BCUT2D eigenvalue weighted by atomic mass is 9.97. The molecule has 0 unspecified atom stereocenters. The van der Waals surface area contributed by atoms with Crippen molar-refractivity contribution in [2.75, 3.05) is 5.32 Å². The van der Waals surface area contributed by atoms with Gasteiger partial charge in [0.15, 0.2) is 5.78 Å². The molecule has 0 saturated heterocycles. The molecule has 2 aliphatic rings. The molecule has 3 heterocycles. The van der Waals surface area contributed by atoms with Crippen molar-refractivity contribution in [2.24, 2.45) is 0 Å². The van der Waals surface area contributed by atoms with Gasteiger partial charge < -0.3 is 5.32 Å². The number of Topliss-reactive ketones (excluding diaryl/α,β-unsaturated/α-hetero) is 1.